The maximum absolute atomic E-state index is 5.94. The number of pyridine rings is 1. The van der Waals surface area contributed by atoms with E-state index in [-0.39, 0.29) is 0 Å². The quantitative estimate of drug-likeness (QED) is 0.329. The lowest BCUT2D eigenvalue weighted by Gasteiger charge is -2.10. The van der Waals surface area contributed by atoms with Gasteiger partial charge in [-0.25, -0.2) is 9.97 Å². The monoisotopic (exact) mass is 466 g/mol. The van der Waals surface area contributed by atoms with Gasteiger partial charge in [0, 0.05) is 11.1 Å². The summed E-state index contributed by atoms with van der Waals surface area (Å²) in [7, 11) is 0. The molecule has 0 radical (unpaired) electrons. The van der Waals surface area contributed by atoms with E-state index < -0.39 is 6.29 Å². The Balaban J connectivity index is 1.21. The molecular formula is C27H22N4O4. The molecule has 174 valence electrons. The predicted molar refractivity (Wildman–Crippen MR) is 130 cm³/mol. The van der Waals surface area contributed by atoms with Crippen LogP contribution in [0.3, 0.4) is 0 Å². The van der Waals surface area contributed by atoms with Gasteiger partial charge < -0.3 is 23.9 Å². The van der Waals surface area contributed by atoms with Gasteiger partial charge >= 0.3 is 0 Å². The normalized spacial score (nSPS) is 13.8. The van der Waals surface area contributed by atoms with Gasteiger partial charge in [-0.05, 0) is 48.0 Å². The first-order valence-electron chi connectivity index (χ1n) is 11.3. The molecule has 0 amide bonds. The van der Waals surface area contributed by atoms with Crippen molar-refractivity contribution in [2.75, 3.05) is 18.5 Å². The highest BCUT2D eigenvalue weighted by Crippen LogP contribution is 2.31. The van der Waals surface area contributed by atoms with Crippen LogP contribution in [0.2, 0.25) is 0 Å². The van der Waals surface area contributed by atoms with Crippen LogP contribution in [0, 0.1) is 0 Å². The topological polar surface area (TPSA) is 91.5 Å². The number of nitrogens with one attached hydrogen (secondary N) is 1. The summed E-state index contributed by atoms with van der Waals surface area (Å²) in [5.41, 5.74) is 3.40. The summed E-state index contributed by atoms with van der Waals surface area (Å²) < 4.78 is 22.9. The van der Waals surface area contributed by atoms with Gasteiger partial charge in [0.15, 0.2) is 11.5 Å². The number of aromatic nitrogens is 3. The van der Waals surface area contributed by atoms with Crippen molar-refractivity contribution in [3.05, 3.63) is 96.6 Å². The zero-order valence-corrected chi connectivity index (χ0v) is 18.8. The van der Waals surface area contributed by atoms with Gasteiger partial charge in [-0.15, -0.1) is 0 Å². The van der Waals surface area contributed by atoms with E-state index in [0.717, 1.165) is 27.9 Å². The van der Waals surface area contributed by atoms with Crippen molar-refractivity contribution in [2.24, 2.45) is 0 Å². The van der Waals surface area contributed by atoms with Crippen LogP contribution >= 0.6 is 0 Å². The Kier molecular flexibility index (Phi) is 5.80. The molecule has 4 heterocycles. The molecule has 8 nitrogen and oxygen atoms in total. The van der Waals surface area contributed by atoms with Crippen LogP contribution in [0.15, 0.2) is 89.7 Å². The Morgan fingerprint density at radius 3 is 2.54 bits per heavy atom. The molecule has 0 saturated carbocycles. The molecule has 8 heteroatoms. The number of nitrogens with zero attached hydrogens (tertiary/aromatic N) is 3. The molecular weight excluding hydrogens is 444 g/mol. The lowest BCUT2D eigenvalue weighted by atomic mass is 10.2. The van der Waals surface area contributed by atoms with Crippen LogP contribution in [-0.4, -0.2) is 28.2 Å². The van der Waals surface area contributed by atoms with Crippen molar-refractivity contribution >= 4 is 22.4 Å². The molecule has 5 aromatic rings. The molecule has 0 bridgehead atoms. The highest BCUT2D eigenvalue weighted by molar-refractivity contribution is 5.92. The van der Waals surface area contributed by atoms with E-state index in [0.29, 0.717) is 42.9 Å². The zero-order valence-electron chi connectivity index (χ0n) is 18.8. The molecule has 1 fully saturated rings. The molecule has 35 heavy (non-hydrogen) atoms. The highest BCUT2D eigenvalue weighted by Gasteiger charge is 2.22. The third kappa shape index (κ3) is 4.70. The van der Waals surface area contributed by atoms with Crippen molar-refractivity contribution in [3.8, 4) is 17.2 Å². The van der Waals surface area contributed by atoms with E-state index in [1.165, 1.54) is 6.33 Å². The fraction of sp³-hybridized carbons (Fsp3) is 0.148. The number of hydrogen-bond donors (Lipinski definition) is 1. The van der Waals surface area contributed by atoms with E-state index >= 15 is 0 Å². The number of ether oxygens (including phenoxy) is 3. The van der Waals surface area contributed by atoms with Crippen molar-refractivity contribution < 1.29 is 18.6 Å². The van der Waals surface area contributed by atoms with Gasteiger partial charge in [0.1, 0.15) is 30.2 Å². The van der Waals surface area contributed by atoms with Crippen LogP contribution in [-0.2, 0) is 16.1 Å². The minimum Gasteiger partial charge on any atom is -0.489 e. The number of anilines is 2. The third-order valence-corrected chi connectivity index (χ3v) is 5.62. The lowest BCUT2D eigenvalue weighted by Crippen LogP contribution is -1.98. The number of benzene rings is 2. The summed E-state index contributed by atoms with van der Waals surface area (Å²) in [6, 6.07) is 23.5. The lowest BCUT2D eigenvalue weighted by molar-refractivity contribution is -0.0585. The maximum Gasteiger partial charge on any atom is 0.217 e. The average molecular weight is 466 g/mol. The SMILES string of the molecule is c1ccc(COc2ccc(Nc3ncnc4cnc(-c5ccc(C6OCCO6)o5)cc34)cc2)cc1. The fourth-order valence-corrected chi connectivity index (χ4v) is 3.85. The van der Waals surface area contributed by atoms with Crippen LogP contribution in [0.25, 0.3) is 22.4 Å². The summed E-state index contributed by atoms with van der Waals surface area (Å²) in [6.45, 7) is 1.64. The van der Waals surface area contributed by atoms with Crippen LogP contribution in [0.5, 0.6) is 5.75 Å². The minimum atomic E-state index is -0.468. The summed E-state index contributed by atoms with van der Waals surface area (Å²) in [5, 5.41) is 4.20. The number of hydrogen-bond acceptors (Lipinski definition) is 8. The molecule has 0 atom stereocenters. The Hall–Kier alpha value is -4.27. The van der Waals surface area contributed by atoms with Crippen LogP contribution in [0.1, 0.15) is 17.6 Å². The molecule has 0 spiro atoms. The largest absolute Gasteiger partial charge is 0.489 e. The average Bonchev–Trinajstić information content (AvgIpc) is 3.62. The van der Waals surface area contributed by atoms with Crippen molar-refractivity contribution in [1.29, 1.82) is 0 Å². The Bertz CT molecular complexity index is 1430. The summed E-state index contributed by atoms with van der Waals surface area (Å²) in [6.07, 6.45) is 2.76. The van der Waals surface area contributed by atoms with Gasteiger partial charge in [0.2, 0.25) is 6.29 Å². The predicted octanol–water partition coefficient (Wildman–Crippen LogP) is 5.65. The molecule has 2 aromatic carbocycles. The number of fused-ring (bicyclic) bond motifs is 1. The Morgan fingerprint density at radius 1 is 0.886 bits per heavy atom. The standard InChI is InChI=1S/C27H22N4O4/c1-2-4-18(5-3-1)16-34-20-8-6-19(7-9-20)31-26-21-14-22(28-15-23(21)29-17-30-26)24-10-11-25(35-24)27-32-12-13-33-27/h1-11,14-15,17,27H,12-13,16H2,(H,29,30,31). The third-order valence-electron chi connectivity index (χ3n) is 5.62. The zero-order chi connectivity index (χ0) is 23.5. The summed E-state index contributed by atoms with van der Waals surface area (Å²) in [4.78, 5) is 13.3. The molecule has 6 rings (SSSR count). The molecule has 1 aliphatic rings. The molecule has 1 saturated heterocycles. The van der Waals surface area contributed by atoms with Gasteiger partial charge in [0.25, 0.3) is 0 Å². The van der Waals surface area contributed by atoms with E-state index in [1.54, 1.807) is 6.20 Å². The van der Waals surface area contributed by atoms with Gasteiger partial charge in [-0.2, -0.15) is 0 Å². The Morgan fingerprint density at radius 2 is 1.71 bits per heavy atom. The molecule has 0 unspecified atom stereocenters. The maximum atomic E-state index is 5.94. The van der Waals surface area contributed by atoms with E-state index in [4.69, 9.17) is 18.6 Å². The second-order valence-electron chi connectivity index (χ2n) is 8.01. The van der Waals surface area contributed by atoms with Crippen LogP contribution < -0.4 is 10.1 Å². The first-order chi connectivity index (χ1) is 17.3. The molecule has 0 aliphatic carbocycles. The van der Waals surface area contributed by atoms with E-state index in [9.17, 15) is 0 Å². The number of furan rings is 1. The van der Waals surface area contributed by atoms with Gasteiger partial charge in [-0.3, -0.25) is 4.98 Å². The highest BCUT2D eigenvalue weighted by atomic mass is 16.7. The summed E-state index contributed by atoms with van der Waals surface area (Å²) in [5.74, 6) is 2.71. The smallest absolute Gasteiger partial charge is 0.217 e. The summed E-state index contributed by atoms with van der Waals surface area (Å²) >= 11 is 0. The van der Waals surface area contributed by atoms with Crippen molar-refractivity contribution in [3.63, 3.8) is 0 Å². The molecule has 1 aliphatic heterocycles. The van der Waals surface area contributed by atoms with E-state index in [2.05, 4.69) is 20.3 Å². The van der Waals surface area contributed by atoms with E-state index in [1.807, 2.05) is 72.8 Å². The van der Waals surface area contributed by atoms with Crippen LogP contribution in [0.4, 0.5) is 11.5 Å². The second-order valence-corrected chi connectivity index (χ2v) is 8.01. The first-order valence-corrected chi connectivity index (χ1v) is 11.3. The fourth-order valence-electron chi connectivity index (χ4n) is 3.85. The molecule has 1 N–H and O–H groups in total. The van der Waals surface area contributed by atoms with Gasteiger partial charge in [0.05, 0.1) is 24.9 Å². The van der Waals surface area contributed by atoms with Crippen molar-refractivity contribution in [2.45, 2.75) is 12.9 Å². The van der Waals surface area contributed by atoms with Crippen molar-refractivity contribution in [1.82, 2.24) is 15.0 Å². The van der Waals surface area contributed by atoms with Gasteiger partial charge in [-0.1, -0.05) is 30.3 Å². The number of rotatable bonds is 7. The second kappa shape index (κ2) is 9.54. The Labute approximate surface area is 201 Å². The first kappa shape index (κ1) is 21.3. The molecule has 3 aromatic heterocycles. The minimum absolute atomic E-state index is 0.468.